The summed E-state index contributed by atoms with van der Waals surface area (Å²) in [4.78, 5) is 54.5. The Labute approximate surface area is 280 Å². The Morgan fingerprint density at radius 3 is 2.51 bits per heavy atom. The highest BCUT2D eigenvalue weighted by Gasteiger charge is 2.31. The number of nitrogens with zero attached hydrogens (tertiary/aromatic N) is 2. The molecule has 0 spiro atoms. The van der Waals surface area contributed by atoms with Gasteiger partial charge in [-0.3, -0.25) is 14.4 Å². The molecule has 0 radical (unpaired) electrons. The molecule has 0 saturated carbocycles. The van der Waals surface area contributed by atoms with Gasteiger partial charge in [-0.2, -0.15) is 0 Å². The SMILES string of the molecule is CCOC(=O)CCCCCC(=O)Nc1ccc2c(c1)C(=O)N([C@@H](C)CO)C[C@H](C)[C@H](CN(C)C(=O)NC(C)C)OCCCC[C@H](C)O2. The summed E-state index contributed by atoms with van der Waals surface area (Å²) in [6, 6.07) is 4.35. The van der Waals surface area contributed by atoms with Gasteiger partial charge in [-0.15, -0.1) is 0 Å². The number of amides is 4. The molecule has 12 nitrogen and oxygen atoms in total. The highest BCUT2D eigenvalue weighted by Crippen LogP contribution is 2.28. The van der Waals surface area contributed by atoms with Crippen molar-refractivity contribution in [2.24, 2.45) is 5.92 Å². The van der Waals surface area contributed by atoms with Gasteiger partial charge in [0.25, 0.3) is 5.91 Å². The van der Waals surface area contributed by atoms with Crippen molar-refractivity contribution in [3.05, 3.63) is 23.8 Å². The standard InChI is InChI=1S/C35H58N4O8/c1-8-45-33(42)16-11-9-10-15-32(41)37-28-17-18-30-29(20-28)34(43)39(26(5)23-40)21-25(4)31(22-38(7)35(44)36-24(2)3)46-19-13-12-14-27(6)47-30/h17-18,20,24-27,31,40H,8-16,19,21-23H2,1-7H3,(H,36,44)(H,37,41)/t25-,26-,27-,31-/m0/s1. The van der Waals surface area contributed by atoms with Crippen LogP contribution in [0.25, 0.3) is 0 Å². The third kappa shape index (κ3) is 14.1. The Hall–Kier alpha value is -3.38. The van der Waals surface area contributed by atoms with Gasteiger partial charge in [-0.05, 0) is 84.9 Å². The number of hydrogen-bond donors (Lipinski definition) is 3. The average Bonchev–Trinajstić information content (AvgIpc) is 3.01. The second-order valence-corrected chi connectivity index (χ2v) is 12.9. The van der Waals surface area contributed by atoms with Gasteiger partial charge in [0.05, 0.1) is 37.0 Å². The fourth-order valence-electron chi connectivity index (χ4n) is 5.36. The van der Waals surface area contributed by atoms with E-state index < -0.39 is 6.04 Å². The number of carbonyl (C=O) groups is 4. The number of benzene rings is 1. The molecule has 47 heavy (non-hydrogen) atoms. The molecule has 2 rings (SSSR count). The van der Waals surface area contributed by atoms with E-state index in [0.717, 1.165) is 25.7 Å². The van der Waals surface area contributed by atoms with E-state index in [9.17, 15) is 24.3 Å². The summed E-state index contributed by atoms with van der Waals surface area (Å²) in [5.41, 5.74) is 0.759. The molecule has 1 aromatic carbocycles. The maximum absolute atomic E-state index is 14.3. The minimum Gasteiger partial charge on any atom is -0.490 e. The zero-order valence-corrected chi connectivity index (χ0v) is 29.5. The Bertz CT molecular complexity index is 1150. The number of anilines is 1. The van der Waals surface area contributed by atoms with Gasteiger partial charge in [0.2, 0.25) is 5.91 Å². The Morgan fingerprint density at radius 1 is 1.11 bits per heavy atom. The normalized spacial score (nSPS) is 20.0. The summed E-state index contributed by atoms with van der Waals surface area (Å²) < 4.78 is 17.5. The number of hydrogen-bond acceptors (Lipinski definition) is 8. The maximum Gasteiger partial charge on any atom is 0.317 e. The fraction of sp³-hybridized carbons (Fsp3) is 0.714. The molecule has 1 aromatic rings. The Balaban J connectivity index is 2.28. The number of esters is 1. The average molecular weight is 663 g/mol. The number of urea groups is 1. The lowest BCUT2D eigenvalue weighted by atomic mass is 10.0. The van der Waals surface area contributed by atoms with Gasteiger partial charge >= 0.3 is 12.0 Å². The third-order valence-electron chi connectivity index (χ3n) is 8.14. The van der Waals surface area contributed by atoms with Crippen LogP contribution in [0.4, 0.5) is 10.5 Å². The number of carbonyl (C=O) groups excluding carboxylic acids is 4. The second-order valence-electron chi connectivity index (χ2n) is 12.9. The zero-order chi connectivity index (χ0) is 34.9. The number of unbranched alkanes of at least 4 members (excludes halogenated alkanes) is 2. The van der Waals surface area contributed by atoms with E-state index in [-0.39, 0.29) is 67.6 Å². The number of aliphatic hydroxyl groups excluding tert-OH is 1. The Morgan fingerprint density at radius 2 is 1.83 bits per heavy atom. The predicted octanol–water partition coefficient (Wildman–Crippen LogP) is 4.98. The molecule has 0 aliphatic carbocycles. The van der Waals surface area contributed by atoms with Crippen molar-refractivity contribution in [2.45, 2.75) is 117 Å². The van der Waals surface area contributed by atoms with E-state index in [1.165, 1.54) is 0 Å². The van der Waals surface area contributed by atoms with Crippen LogP contribution in [0, 0.1) is 5.92 Å². The summed E-state index contributed by atoms with van der Waals surface area (Å²) in [6.07, 6.45) is 4.49. The number of likely N-dealkylation sites (N-methyl/N-ethyl adjacent to an activating group) is 1. The summed E-state index contributed by atoms with van der Waals surface area (Å²) in [5.74, 6) is -0.523. The molecule has 12 heteroatoms. The van der Waals surface area contributed by atoms with Crippen molar-refractivity contribution in [1.29, 1.82) is 0 Å². The molecule has 0 fully saturated rings. The first kappa shape index (κ1) is 39.8. The summed E-state index contributed by atoms with van der Waals surface area (Å²) in [7, 11) is 1.73. The van der Waals surface area contributed by atoms with Crippen LogP contribution in [0.15, 0.2) is 18.2 Å². The summed E-state index contributed by atoms with van der Waals surface area (Å²) >= 11 is 0. The molecular weight excluding hydrogens is 604 g/mol. The monoisotopic (exact) mass is 662 g/mol. The fourth-order valence-corrected chi connectivity index (χ4v) is 5.36. The molecule has 4 amide bonds. The highest BCUT2D eigenvalue weighted by atomic mass is 16.5. The largest absolute Gasteiger partial charge is 0.490 e. The number of aliphatic hydroxyl groups is 1. The van der Waals surface area contributed by atoms with Gasteiger partial charge in [-0.1, -0.05) is 13.3 Å². The molecule has 266 valence electrons. The molecule has 0 aromatic heterocycles. The molecular formula is C35H58N4O8. The van der Waals surface area contributed by atoms with Crippen LogP contribution in [-0.4, -0.2) is 103 Å². The van der Waals surface area contributed by atoms with Crippen molar-refractivity contribution < 1.29 is 38.5 Å². The van der Waals surface area contributed by atoms with Crippen LogP contribution in [0.3, 0.4) is 0 Å². The molecule has 0 bridgehead atoms. The van der Waals surface area contributed by atoms with Gasteiger partial charge in [0.15, 0.2) is 0 Å². The van der Waals surface area contributed by atoms with Crippen LogP contribution in [0.2, 0.25) is 0 Å². The van der Waals surface area contributed by atoms with Crippen molar-refractivity contribution in [2.75, 3.05) is 45.3 Å². The molecule has 1 aliphatic rings. The molecule has 1 aliphatic heterocycles. The third-order valence-corrected chi connectivity index (χ3v) is 8.14. The van der Waals surface area contributed by atoms with E-state index in [0.29, 0.717) is 56.0 Å². The Kier molecular flexibility index (Phi) is 17.6. The second kappa shape index (κ2) is 20.8. The number of nitrogens with one attached hydrogen (secondary N) is 2. The van der Waals surface area contributed by atoms with Gasteiger partial charge in [0, 0.05) is 57.2 Å². The van der Waals surface area contributed by atoms with Crippen LogP contribution in [-0.2, 0) is 19.1 Å². The van der Waals surface area contributed by atoms with Crippen molar-refractivity contribution in [3.63, 3.8) is 0 Å². The first-order valence-electron chi connectivity index (χ1n) is 17.2. The number of fused-ring (bicyclic) bond motifs is 1. The number of rotatable bonds is 13. The minimum atomic E-state index is -0.515. The van der Waals surface area contributed by atoms with Crippen molar-refractivity contribution >= 4 is 29.5 Å². The first-order valence-corrected chi connectivity index (χ1v) is 17.2. The summed E-state index contributed by atoms with van der Waals surface area (Å²) in [5, 5.41) is 16.0. The van der Waals surface area contributed by atoms with Gasteiger partial charge in [0.1, 0.15) is 5.75 Å². The molecule has 3 N–H and O–H groups in total. The van der Waals surface area contributed by atoms with E-state index in [1.54, 1.807) is 48.9 Å². The van der Waals surface area contributed by atoms with E-state index in [1.807, 2.05) is 27.7 Å². The lowest BCUT2D eigenvalue weighted by molar-refractivity contribution is -0.143. The molecule has 4 atom stereocenters. The number of ether oxygens (including phenoxy) is 3. The molecule has 0 unspecified atom stereocenters. The van der Waals surface area contributed by atoms with E-state index in [2.05, 4.69) is 10.6 Å². The molecule has 0 saturated heterocycles. The lowest BCUT2D eigenvalue weighted by Gasteiger charge is -2.36. The zero-order valence-electron chi connectivity index (χ0n) is 29.5. The van der Waals surface area contributed by atoms with Gasteiger partial charge in [-0.25, -0.2) is 4.79 Å². The van der Waals surface area contributed by atoms with E-state index >= 15 is 0 Å². The first-order chi connectivity index (χ1) is 22.4. The maximum atomic E-state index is 14.3. The highest BCUT2D eigenvalue weighted by molar-refractivity contribution is 5.99. The minimum absolute atomic E-state index is 0.00689. The quantitative estimate of drug-likeness (QED) is 0.198. The summed E-state index contributed by atoms with van der Waals surface area (Å²) in [6.45, 7) is 12.5. The van der Waals surface area contributed by atoms with Gasteiger partial charge < -0.3 is 39.8 Å². The van der Waals surface area contributed by atoms with Crippen LogP contribution >= 0.6 is 0 Å². The lowest BCUT2D eigenvalue weighted by Crippen LogP contribution is -2.49. The van der Waals surface area contributed by atoms with Crippen molar-refractivity contribution in [1.82, 2.24) is 15.1 Å². The van der Waals surface area contributed by atoms with Crippen LogP contribution in [0.1, 0.15) is 103 Å². The topological polar surface area (TPSA) is 147 Å². The van der Waals surface area contributed by atoms with E-state index in [4.69, 9.17) is 14.2 Å². The smallest absolute Gasteiger partial charge is 0.317 e. The van der Waals surface area contributed by atoms with Crippen molar-refractivity contribution in [3.8, 4) is 5.75 Å². The molecule has 1 heterocycles. The predicted molar refractivity (Wildman–Crippen MR) is 182 cm³/mol. The van der Waals surface area contributed by atoms with Crippen LogP contribution < -0.4 is 15.4 Å². The van der Waals surface area contributed by atoms with Crippen LogP contribution in [0.5, 0.6) is 5.75 Å².